The molecule has 0 aliphatic carbocycles. The molecule has 9 heteroatoms. The fourth-order valence-electron chi connectivity index (χ4n) is 3.03. The van der Waals surface area contributed by atoms with Crippen molar-refractivity contribution < 1.29 is 9.18 Å². The van der Waals surface area contributed by atoms with Gasteiger partial charge < -0.3 is 10.2 Å². The molecule has 140 valence electrons. The molecule has 4 heterocycles. The minimum Gasteiger partial charge on any atom is -0.348 e. The summed E-state index contributed by atoms with van der Waals surface area (Å²) in [5.41, 5.74) is 1.81. The highest BCUT2D eigenvalue weighted by Crippen LogP contribution is 2.29. The summed E-state index contributed by atoms with van der Waals surface area (Å²) >= 11 is 1.51. The summed E-state index contributed by atoms with van der Waals surface area (Å²) in [6.45, 7) is 5.80. The Bertz CT molecular complexity index is 1000. The lowest BCUT2D eigenvalue weighted by molar-refractivity contribution is 0.0787. The molecular formula is C18H19FN6OS. The van der Waals surface area contributed by atoms with Crippen molar-refractivity contribution in [2.45, 2.75) is 19.9 Å². The number of nitrogens with zero attached hydrogens (tertiary/aromatic N) is 4. The number of rotatable bonds is 4. The Balaban J connectivity index is 1.69. The average Bonchev–Trinajstić information content (AvgIpc) is 3.29. The maximum atomic E-state index is 13.4. The summed E-state index contributed by atoms with van der Waals surface area (Å²) in [6.07, 6.45) is 2.75. The molecule has 0 radical (unpaired) electrons. The van der Waals surface area contributed by atoms with Crippen LogP contribution in [0.2, 0.25) is 0 Å². The molecule has 27 heavy (non-hydrogen) atoms. The van der Waals surface area contributed by atoms with Gasteiger partial charge in [0.05, 0.1) is 29.1 Å². The lowest BCUT2D eigenvalue weighted by Crippen LogP contribution is -2.30. The van der Waals surface area contributed by atoms with Gasteiger partial charge in [0.25, 0.3) is 5.91 Å². The molecule has 7 nitrogen and oxygen atoms in total. The van der Waals surface area contributed by atoms with E-state index < -0.39 is 5.82 Å². The van der Waals surface area contributed by atoms with Gasteiger partial charge in [0.1, 0.15) is 5.82 Å². The van der Waals surface area contributed by atoms with E-state index in [1.54, 1.807) is 11.1 Å². The molecule has 0 unspecified atom stereocenters. The number of carbonyl (C=O) groups excluding carboxylic acids is 1. The van der Waals surface area contributed by atoms with Crippen molar-refractivity contribution in [3.8, 4) is 0 Å². The summed E-state index contributed by atoms with van der Waals surface area (Å²) in [7, 11) is 0. The zero-order chi connectivity index (χ0) is 19.0. The number of pyridine rings is 1. The first-order chi connectivity index (χ1) is 13.0. The van der Waals surface area contributed by atoms with Crippen molar-refractivity contribution in [3.63, 3.8) is 0 Å². The van der Waals surface area contributed by atoms with Gasteiger partial charge in [0.2, 0.25) is 5.95 Å². The van der Waals surface area contributed by atoms with Crippen LogP contribution in [0, 0.1) is 12.7 Å². The number of aryl methyl sites for hydroxylation is 1. The predicted octanol–water partition coefficient (Wildman–Crippen LogP) is 2.71. The number of halogens is 1. The number of aromatic nitrogens is 3. The van der Waals surface area contributed by atoms with E-state index in [-0.39, 0.29) is 11.9 Å². The number of hydrogen-bond donors (Lipinski definition) is 2. The monoisotopic (exact) mass is 386 g/mol. The van der Waals surface area contributed by atoms with Crippen LogP contribution in [0.15, 0.2) is 24.5 Å². The lowest BCUT2D eigenvalue weighted by atomic mass is 10.1. The minimum absolute atomic E-state index is 0.114. The molecule has 0 bridgehead atoms. The van der Waals surface area contributed by atoms with Crippen LogP contribution < -0.4 is 10.6 Å². The van der Waals surface area contributed by atoms with Crippen molar-refractivity contribution in [1.82, 2.24) is 25.2 Å². The van der Waals surface area contributed by atoms with Crippen LogP contribution >= 0.6 is 11.3 Å². The Hall–Kier alpha value is -2.65. The Morgan fingerprint density at radius 1 is 1.37 bits per heavy atom. The normalized spacial score (nSPS) is 15.3. The second-order valence-corrected chi connectivity index (χ2v) is 7.75. The van der Waals surface area contributed by atoms with Crippen LogP contribution in [0.5, 0.6) is 0 Å². The molecular weight excluding hydrogens is 367 g/mol. The first kappa shape index (κ1) is 17.7. The van der Waals surface area contributed by atoms with Crippen molar-refractivity contribution in [2.75, 3.05) is 25.1 Å². The van der Waals surface area contributed by atoms with E-state index in [0.717, 1.165) is 27.8 Å². The molecule has 2 N–H and O–H groups in total. The van der Waals surface area contributed by atoms with Crippen LogP contribution in [0.4, 0.5) is 10.3 Å². The first-order valence-electron chi connectivity index (χ1n) is 8.66. The van der Waals surface area contributed by atoms with E-state index in [1.807, 2.05) is 19.9 Å². The number of thiophene rings is 1. The van der Waals surface area contributed by atoms with Crippen molar-refractivity contribution >= 4 is 33.4 Å². The third kappa shape index (κ3) is 3.60. The highest BCUT2D eigenvalue weighted by Gasteiger charge is 2.25. The van der Waals surface area contributed by atoms with E-state index in [9.17, 15) is 9.18 Å². The maximum Gasteiger partial charge on any atom is 0.275 e. The highest BCUT2D eigenvalue weighted by atomic mass is 32.1. The van der Waals surface area contributed by atoms with E-state index in [2.05, 4.69) is 25.6 Å². The number of hydrogen-bond acceptors (Lipinski definition) is 7. The van der Waals surface area contributed by atoms with Gasteiger partial charge in [0, 0.05) is 24.2 Å². The van der Waals surface area contributed by atoms with E-state index in [1.165, 1.54) is 17.4 Å². The van der Waals surface area contributed by atoms with Gasteiger partial charge in [-0.05, 0) is 31.5 Å². The fourth-order valence-corrected chi connectivity index (χ4v) is 3.96. The zero-order valence-electron chi connectivity index (χ0n) is 15.0. The molecule has 3 aromatic heterocycles. The van der Waals surface area contributed by atoms with Gasteiger partial charge in [-0.1, -0.05) is 0 Å². The van der Waals surface area contributed by atoms with E-state index in [4.69, 9.17) is 0 Å². The number of nitrogens with one attached hydrogen (secondary N) is 2. The molecule has 1 aliphatic heterocycles. The van der Waals surface area contributed by atoms with Gasteiger partial charge >= 0.3 is 0 Å². The van der Waals surface area contributed by atoms with Gasteiger partial charge in [-0.15, -0.1) is 11.3 Å². The van der Waals surface area contributed by atoms with Crippen LogP contribution in [-0.4, -0.2) is 45.5 Å². The molecule has 1 atom stereocenters. The Labute approximate surface area is 159 Å². The molecule has 4 rings (SSSR count). The second kappa shape index (κ2) is 7.16. The quantitative estimate of drug-likeness (QED) is 0.717. The molecule has 1 aliphatic rings. The summed E-state index contributed by atoms with van der Waals surface area (Å²) in [6, 6.07) is 3.10. The molecule has 1 amide bonds. The van der Waals surface area contributed by atoms with E-state index in [0.29, 0.717) is 30.4 Å². The van der Waals surface area contributed by atoms with Crippen molar-refractivity contribution in [1.29, 1.82) is 0 Å². The molecule has 1 saturated heterocycles. The minimum atomic E-state index is -0.400. The first-order valence-corrected chi connectivity index (χ1v) is 9.48. The second-order valence-electron chi connectivity index (χ2n) is 6.50. The summed E-state index contributed by atoms with van der Waals surface area (Å²) < 4.78 is 14.2. The van der Waals surface area contributed by atoms with Crippen LogP contribution in [0.1, 0.15) is 33.9 Å². The Morgan fingerprint density at radius 2 is 2.22 bits per heavy atom. The topological polar surface area (TPSA) is 83.0 Å². The number of fused-ring (bicyclic) bond motifs is 1. The molecule has 0 saturated carbocycles. The van der Waals surface area contributed by atoms with Gasteiger partial charge in [-0.25, -0.2) is 14.4 Å². The lowest BCUT2D eigenvalue weighted by Gasteiger charge is -2.17. The largest absolute Gasteiger partial charge is 0.348 e. The smallest absolute Gasteiger partial charge is 0.275 e. The fraction of sp³-hybridized carbons (Fsp3) is 0.333. The standard InChI is InChI=1S/C18H19FN6OS/c1-10-5-14-16(27-10)15(17(26)25-4-3-20-9-25)24-18(23-14)22-11(2)12-6-13(19)8-21-7-12/h5-8,11,20H,3-4,9H2,1-2H3,(H,22,23,24)/t11-/m0/s1. The number of amides is 1. The maximum absolute atomic E-state index is 13.4. The van der Waals surface area contributed by atoms with Gasteiger partial charge in [-0.2, -0.15) is 0 Å². The van der Waals surface area contributed by atoms with Crippen molar-refractivity contribution in [3.05, 3.63) is 46.5 Å². The van der Waals surface area contributed by atoms with Crippen molar-refractivity contribution in [2.24, 2.45) is 0 Å². The van der Waals surface area contributed by atoms with Crippen LogP contribution in [0.25, 0.3) is 10.2 Å². The summed E-state index contributed by atoms with van der Waals surface area (Å²) in [5, 5.41) is 6.32. The molecule has 0 aromatic carbocycles. The summed E-state index contributed by atoms with van der Waals surface area (Å²) in [4.78, 5) is 28.7. The summed E-state index contributed by atoms with van der Waals surface area (Å²) in [5.74, 6) is -0.173. The third-order valence-electron chi connectivity index (χ3n) is 4.42. The molecule has 3 aromatic rings. The van der Waals surface area contributed by atoms with Gasteiger partial charge in [-0.3, -0.25) is 15.1 Å². The Kier molecular flexibility index (Phi) is 4.71. The predicted molar refractivity (Wildman–Crippen MR) is 102 cm³/mol. The average molecular weight is 386 g/mol. The highest BCUT2D eigenvalue weighted by molar-refractivity contribution is 7.19. The third-order valence-corrected chi connectivity index (χ3v) is 5.46. The van der Waals surface area contributed by atoms with Crippen LogP contribution in [0.3, 0.4) is 0 Å². The van der Waals surface area contributed by atoms with Crippen LogP contribution in [-0.2, 0) is 0 Å². The number of carbonyl (C=O) groups is 1. The molecule has 1 fully saturated rings. The van der Waals surface area contributed by atoms with E-state index >= 15 is 0 Å². The number of anilines is 1. The SMILES string of the molecule is Cc1cc2nc(N[C@@H](C)c3cncc(F)c3)nc(C(=O)N3CCNC3)c2s1. The Morgan fingerprint density at radius 3 is 2.96 bits per heavy atom. The molecule has 0 spiro atoms. The zero-order valence-corrected chi connectivity index (χ0v) is 15.8. The van der Waals surface area contributed by atoms with Gasteiger partial charge in [0.15, 0.2) is 5.69 Å².